The van der Waals surface area contributed by atoms with Crippen molar-refractivity contribution in [2.45, 2.75) is 58.8 Å². The SMILES string of the molecule is CCC(CC)(CN1CCC2CCCCC2C1)C(=O)O. The number of hydrogen-bond donors (Lipinski definition) is 1. The Morgan fingerprint density at radius 2 is 1.79 bits per heavy atom. The van der Waals surface area contributed by atoms with Crippen LogP contribution in [-0.2, 0) is 4.79 Å². The molecule has 3 nitrogen and oxygen atoms in total. The number of rotatable bonds is 5. The van der Waals surface area contributed by atoms with Gasteiger partial charge in [-0.05, 0) is 44.1 Å². The maximum Gasteiger partial charge on any atom is 0.310 e. The summed E-state index contributed by atoms with van der Waals surface area (Å²) in [5, 5.41) is 9.56. The predicted octanol–water partition coefficient (Wildman–Crippen LogP) is 3.39. The number of nitrogens with zero attached hydrogens (tertiary/aromatic N) is 1. The summed E-state index contributed by atoms with van der Waals surface area (Å²) >= 11 is 0. The van der Waals surface area contributed by atoms with Crippen LogP contribution < -0.4 is 0 Å². The molecular weight excluding hydrogens is 238 g/mol. The molecule has 2 unspecified atom stereocenters. The second-order valence-electron chi connectivity index (χ2n) is 6.62. The average molecular weight is 267 g/mol. The smallest absolute Gasteiger partial charge is 0.310 e. The molecule has 2 atom stereocenters. The highest BCUT2D eigenvalue weighted by Gasteiger charge is 2.39. The Bertz CT molecular complexity index is 312. The molecule has 110 valence electrons. The van der Waals surface area contributed by atoms with Crippen LogP contribution in [0.3, 0.4) is 0 Å². The van der Waals surface area contributed by atoms with Gasteiger partial charge in [0.1, 0.15) is 0 Å². The topological polar surface area (TPSA) is 40.5 Å². The van der Waals surface area contributed by atoms with E-state index in [0.717, 1.165) is 44.3 Å². The fourth-order valence-corrected chi connectivity index (χ4v) is 4.09. The van der Waals surface area contributed by atoms with Crippen molar-refractivity contribution in [3.63, 3.8) is 0 Å². The van der Waals surface area contributed by atoms with Crippen LogP contribution in [0.25, 0.3) is 0 Å². The summed E-state index contributed by atoms with van der Waals surface area (Å²) in [6.07, 6.45) is 8.31. The number of piperidine rings is 1. The molecule has 19 heavy (non-hydrogen) atoms. The lowest BCUT2D eigenvalue weighted by molar-refractivity contribution is -0.151. The quantitative estimate of drug-likeness (QED) is 0.830. The Morgan fingerprint density at radius 1 is 1.16 bits per heavy atom. The van der Waals surface area contributed by atoms with Crippen LogP contribution in [0, 0.1) is 17.3 Å². The van der Waals surface area contributed by atoms with Gasteiger partial charge in [-0.3, -0.25) is 4.79 Å². The number of aliphatic carboxylic acids is 1. The molecule has 1 saturated heterocycles. The van der Waals surface area contributed by atoms with Crippen LogP contribution in [0.4, 0.5) is 0 Å². The van der Waals surface area contributed by atoms with E-state index in [1.54, 1.807) is 0 Å². The van der Waals surface area contributed by atoms with Gasteiger partial charge in [-0.2, -0.15) is 0 Å². The third-order valence-electron chi connectivity index (χ3n) is 5.71. The minimum Gasteiger partial charge on any atom is -0.481 e. The zero-order valence-electron chi connectivity index (χ0n) is 12.5. The number of likely N-dealkylation sites (tertiary alicyclic amines) is 1. The minimum absolute atomic E-state index is 0.526. The molecule has 0 radical (unpaired) electrons. The van der Waals surface area contributed by atoms with Crippen LogP contribution in [0.2, 0.25) is 0 Å². The van der Waals surface area contributed by atoms with Gasteiger partial charge in [0.2, 0.25) is 0 Å². The standard InChI is InChI=1S/C16H29NO2/c1-3-16(4-2,15(18)19)12-17-10-9-13-7-5-6-8-14(13)11-17/h13-14H,3-12H2,1-2H3,(H,18,19). The van der Waals surface area contributed by atoms with Crippen molar-refractivity contribution in [2.24, 2.45) is 17.3 Å². The fraction of sp³-hybridized carbons (Fsp3) is 0.938. The molecule has 3 heteroatoms. The lowest BCUT2D eigenvalue weighted by Crippen LogP contribution is -2.48. The summed E-state index contributed by atoms with van der Waals surface area (Å²) in [6.45, 7) is 7.03. The second kappa shape index (κ2) is 6.25. The van der Waals surface area contributed by atoms with Crippen LogP contribution >= 0.6 is 0 Å². The Kier molecular flexibility index (Phi) is 4.88. The highest BCUT2D eigenvalue weighted by Crippen LogP contribution is 2.38. The predicted molar refractivity (Wildman–Crippen MR) is 77.2 cm³/mol. The summed E-state index contributed by atoms with van der Waals surface area (Å²) in [5.74, 6) is 1.15. The van der Waals surface area contributed by atoms with E-state index in [4.69, 9.17) is 0 Å². The largest absolute Gasteiger partial charge is 0.481 e. The molecule has 2 fully saturated rings. The molecule has 1 aliphatic heterocycles. The van der Waals surface area contributed by atoms with E-state index in [1.807, 2.05) is 13.8 Å². The first-order valence-corrected chi connectivity index (χ1v) is 8.07. The fourth-order valence-electron chi connectivity index (χ4n) is 4.09. The molecule has 0 aromatic heterocycles. The van der Waals surface area contributed by atoms with Gasteiger partial charge in [0, 0.05) is 13.1 Å². The van der Waals surface area contributed by atoms with E-state index in [1.165, 1.54) is 32.1 Å². The number of carboxylic acid groups (broad SMARTS) is 1. The number of fused-ring (bicyclic) bond motifs is 1. The Balaban J connectivity index is 1.97. The molecule has 0 aromatic carbocycles. The molecule has 0 amide bonds. The van der Waals surface area contributed by atoms with E-state index in [0.29, 0.717) is 0 Å². The summed E-state index contributed by atoms with van der Waals surface area (Å²) in [4.78, 5) is 14.1. The van der Waals surface area contributed by atoms with Gasteiger partial charge in [0.05, 0.1) is 5.41 Å². The number of hydrogen-bond acceptors (Lipinski definition) is 2. The monoisotopic (exact) mass is 267 g/mol. The van der Waals surface area contributed by atoms with Crippen molar-refractivity contribution in [1.29, 1.82) is 0 Å². The van der Waals surface area contributed by atoms with Crippen molar-refractivity contribution in [2.75, 3.05) is 19.6 Å². The van der Waals surface area contributed by atoms with Crippen molar-refractivity contribution >= 4 is 5.97 Å². The van der Waals surface area contributed by atoms with E-state index >= 15 is 0 Å². The van der Waals surface area contributed by atoms with Crippen molar-refractivity contribution in [1.82, 2.24) is 4.90 Å². The van der Waals surface area contributed by atoms with Gasteiger partial charge in [-0.15, -0.1) is 0 Å². The van der Waals surface area contributed by atoms with Gasteiger partial charge in [0.25, 0.3) is 0 Å². The highest BCUT2D eigenvalue weighted by atomic mass is 16.4. The maximum atomic E-state index is 11.6. The molecule has 2 aliphatic rings. The van der Waals surface area contributed by atoms with Crippen molar-refractivity contribution in [3.05, 3.63) is 0 Å². The van der Waals surface area contributed by atoms with Crippen LogP contribution in [-0.4, -0.2) is 35.6 Å². The lowest BCUT2D eigenvalue weighted by atomic mass is 9.74. The highest BCUT2D eigenvalue weighted by molar-refractivity contribution is 5.74. The minimum atomic E-state index is -0.608. The molecule has 0 spiro atoms. The Hall–Kier alpha value is -0.570. The molecule has 1 aliphatic carbocycles. The molecule has 0 aromatic rings. The molecule has 2 rings (SSSR count). The number of carboxylic acids is 1. The maximum absolute atomic E-state index is 11.6. The van der Waals surface area contributed by atoms with Crippen molar-refractivity contribution < 1.29 is 9.90 Å². The Morgan fingerprint density at radius 3 is 2.37 bits per heavy atom. The third-order valence-corrected chi connectivity index (χ3v) is 5.71. The average Bonchev–Trinajstić information content (AvgIpc) is 2.44. The zero-order chi connectivity index (χ0) is 13.9. The van der Waals surface area contributed by atoms with E-state index in [-0.39, 0.29) is 0 Å². The summed E-state index contributed by atoms with van der Waals surface area (Å²) in [5.41, 5.74) is -0.526. The number of carbonyl (C=O) groups is 1. The van der Waals surface area contributed by atoms with E-state index in [9.17, 15) is 9.90 Å². The molecular formula is C16H29NO2. The van der Waals surface area contributed by atoms with Gasteiger partial charge >= 0.3 is 5.97 Å². The van der Waals surface area contributed by atoms with Gasteiger partial charge < -0.3 is 10.0 Å². The summed E-state index contributed by atoms with van der Waals surface area (Å²) < 4.78 is 0. The molecule has 1 N–H and O–H groups in total. The van der Waals surface area contributed by atoms with Crippen LogP contribution in [0.5, 0.6) is 0 Å². The van der Waals surface area contributed by atoms with Crippen molar-refractivity contribution in [3.8, 4) is 0 Å². The van der Waals surface area contributed by atoms with Gasteiger partial charge in [-0.25, -0.2) is 0 Å². The molecule has 1 heterocycles. The van der Waals surface area contributed by atoms with Gasteiger partial charge in [0.15, 0.2) is 0 Å². The third kappa shape index (κ3) is 3.13. The molecule has 1 saturated carbocycles. The first-order valence-electron chi connectivity index (χ1n) is 8.07. The van der Waals surface area contributed by atoms with Crippen LogP contribution in [0.1, 0.15) is 58.8 Å². The van der Waals surface area contributed by atoms with Crippen LogP contribution in [0.15, 0.2) is 0 Å². The normalized spacial score (nSPS) is 28.9. The van der Waals surface area contributed by atoms with E-state index in [2.05, 4.69) is 4.90 Å². The van der Waals surface area contributed by atoms with E-state index < -0.39 is 11.4 Å². The first-order chi connectivity index (χ1) is 9.11. The summed E-state index contributed by atoms with van der Waals surface area (Å²) in [7, 11) is 0. The first kappa shape index (κ1) is 14.8. The zero-order valence-corrected chi connectivity index (χ0v) is 12.5. The van der Waals surface area contributed by atoms with Gasteiger partial charge in [-0.1, -0.05) is 33.1 Å². The molecule has 0 bridgehead atoms. The lowest BCUT2D eigenvalue weighted by Gasteiger charge is -2.44. The second-order valence-corrected chi connectivity index (χ2v) is 6.62. The summed E-state index contributed by atoms with van der Waals surface area (Å²) in [6, 6.07) is 0. The Labute approximate surface area is 117 Å².